The van der Waals surface area contributed by atoms with Crippen LogP contribution in [0, 0.1) is 0 Å². The van der Waals surface area contributed by atoms with Crippen LogP contribution in [-0.2, 0) is 0 Å². The number of benzene rings is 2. The molecule has 98 valence electrons. The van der Waals surface area contributed by atoms with Crippen molar-refractivity contribution in [2.45, 2.75) is 0 Å². The summed E-state index contributed by atoms with van der Waals surface area (Å²) in [6, 6.07) is 16.1. The SMILES string of the molecule is O=C(O)c1ccc(Cl)c(-c2ccc3ccccc3n2)c1. The van der Waals surface area contributed by atoms with Gasteiger partial charge in [0.15, 0.2) is 0 Å². The van der Waals surface area contributed by atoms with Gasteiger partial charge in [0.1, 0.15) is 0 Å². The third-order valence-electron chi connectivity index (χ3n) is 3.09. The van der Waals surface area contributed by atoms with Crippen LogP contribution in [0.15, 0.2) is 54.6 Å². The van der Waals surface area contributed by atoms with Gasteiger partial charge >= 0.3 is 5.97 Å². The minimum absolute atomic E-state index is 0.194. The summed E-state index contributed by atoms with van der Waals surface area (Å²) in [6.07, 6.45) is 0. The number of para-hydroxylation sites is 1. The van der Waals surface area contributed by atoms with E-state index in [4.69, 9.17) is 16.7 Å². The van der Waals surface area contributed by atoms with E-state index in [1.165, 1.54) is 6.07 Å². The quantitative estimate of drug-likeness (QED) is 0.765. The van der Waals surface area contributed by atoms with Gasteiger partial charge in [0, 0.05) is 10.9 Å². The second-order valence-electron chi connectivity index (χ2n) is 4.39. The fraction of sp³-hybridized carbons (Fsp3) is 0. The lowest BCUT2D eigenvalue weighted by Crippen LogP contribution is -1.97. The van der Waals surface area contributed by atoms with Crippen molar-refractivity contribution < 1.29 is 9.90 Å². The largest absolute Gasteiger partial charge is 0.478 e. The third-order valence-corrected chi connectivity index (χ3v) is 3.42. The topological polar surface area (TPSA) is 50.2 Å². The van der Waals surface area contributed by atoms with Gasteiger partial charge in [-0.25, -0.2) is 9.78 Å². The van der Waals surface area contributed by atoms with E-state index in [1.54, 1.807) is 12.1 Å². The van der Waals surface area contributed by atoms with E-state index >= 15 is 0 Å². The number of aromatic nitrogens is 1. The van der Waals surface area contributed by atoms with Crippen molar-refractivity contribution in [3.63, 3.8) is 0 Å². The lowest BCUT2D eigenvalue weighted by molar-refractivity contribution is 0.0697. The highest BCUT2D eigenvalue weighted by molar-refractivity contribution is 6.33. The Hall–Kier alpha value is -2.39. The minimum atomic E-state index is -0.983. The molecule has 3 aromatic rings. The summed E-state index contributed by atoms with van der Waals surface area (Å²) < 4.78 is 0. The molecule has 0 spiro atoms. The highest BCUT2D eigenvalue weighted by Gasteiger charge is 2.10. The van der Waals surface area contributed by atoms with Gasteiger partial charge in [-0.05, 0) is 30.3 Å². The first-order chi connectivity index (χ1) is 9.65. The Kier molecular flexibility index (Phi) is 3.12. The number of aromatic carboxylic acids is 1. The molecule has 3 nitrogen and oxygen atoms in total. The number of hydrogen-bond donors (Lipinski definition) is 1. The molecular formula is C16H10ClNO2. The first-order valence-electron chi connectivity index (χ1n) is 6.04. The Morgan fingerprint density at radius 1 is 1.05 bits per heavy atom. The van der Waals surface area contributed by atoms with Crippen LogP contribution in [0.3, 0.4) is 0 Å². The second-order valence-corrected chi connectivity index (χ2v) is 4.80. The third kappa shape index (κ3) is 2.24. The fourth-order valence-corrected chi connectivity index (χ4v) is 2.28. The van der Waals surface area contributed by atoms with E-state index in [2.05, 4.69) is 4.98 Å². The highest BCUT2D eigenvalue weighted by atomic mass is 35.5. The number of carboxylic acid groups (broad SMARTS) is 1. The number of nitrogens with zero attached hydrogens (tertiary/aromatic N) is 1. The molecule has 2 aromatic carbocycles. The molecule has 0 saturated carbocycles. The monoisotopic (exact) mass is 283 g/mol. The van der Waals surface area contributed by atoms with Crippen LogP contribution in [0.2, 0.25) is 5.02 Å². The molecule has 1 heterocycles. The van der Waals surface area contributed by atoms with Crippen LogP contribution in [0.1, 0.15) is 10.4 Å². The van der Waals surface area contributed by atoms with Crippen LogP contribution < -0.4 is 0 Å². The van der Waals surface area contributed by atoms with E-state index in [-0.39, 0.29) is 5.56 Å². The summed E-state index contributed by atoms with van der Waals surface area (Å²) in [5, 5.41) is 10.6. The van der Waals surface area contributed by atoms with Crippen molar-refractivity contribution in [1.29, 1.82) is 0 Å². The molecule has 0 radical (unpaired) electrons. The molecule has 20 heavy (non-hydrogen) atoms. The van der Waals surface area contributed by atoms with Gasteiger partial charge in [0.2, 0.25) is 0 Å². The zero-order valence-corrected chi connectivity index (χ0v) is 11.1. The molecule has 0 amide bonds. The van der Waals surface area contributed by atoms with Crippen LogP contribution in [-0.4, -0.2) is 16.1 Å². The average molecular weight is 284 g/mol. The van der Waals surface area contributed by atoms with E-state index in [0.717, 1.165) is 10.9 Å². The molecule has 3 rings (SSSR count). The van der Waals surface area contributed by atoms with E-state index in [1.807, 2.05) is 36.4 Å². The molecule has 0 bridgehead atoms. The molecule has 0 unspecified atom stereocenters. The zero-order chi connectivity index (χ0) is 14.1. The molecule has 1 aromatic heterocycles. The van der Waals surface area contributed by atoms with Crippen molar-refractivity contribution in [3.05, 3.63) is 65.2 Å². The van der Waals surface area contributed by atoms with Crippen LogP contribution in [0.25, 0.3) is 22.2 Å². The molecule has 1 N–H and O–H groups in total. The summed E-state index contributed by atoms with van der Waals surface area (Å²) in [5.41, 5.74) is 2.33. The summed E-state index contributed by atoms with van der Waals surface area (Å²) in [5.74, 6) is -0.983. The Labute approximate surface area is 120 Å². The summed E-state index contributed by atoms with van der Waals surface area (Å²) >= 11 is 6.15. The predicted octanol–water partition coefficient (Wildman–Crippen LogP) is 4.25. The molecule has 4 heteroatoms. The first-order valence-corrected chi connectivity index (χ1v) is 6.42. The molecule has 0 atom stereocenters. The van der Waals surface area contributed by atoms with Gasteiger partial charge < -0.3 is 5.11 Å². The fourth-order valence-electron chi connectivity index (χ4n) is 2.07. The Morgan fingerprint density at radius 2 is 1.85 bits per heavy atom. The number of pyridine rings is 1. The maximum Gasteiger partial charge on any atom is 0.335 e. The van der Waals surface area contributed by atoms with Gasteiger partial charge in [-0.3, -0.25) is 0 Å². The van der Waals surface area contributed by atoms with Crippen molar-refractivity contribution in [2.24, 2.45) is 0 Å². The smallest absolute Gasteiger partial charge is 0.335 e. The van der Waals surface area contributed by atoms with E-state index < -0.39 is 5.97 Å². The second kappa shape index (κ2) is 4.94. The lowest BCUT2D eigenvalue weighted by atomic mass is 10.1. The molecule has 0 aliphatic rings. The van der Waals surface area contributed by atoms with Gasteiger partial charge in [-0.1, -0.05) is 35.9 Å². The first kappa shape index (κ1) is 12.6. The van der Waals surface area contributed by atoms with E-state index in [0.29, 0.717) is 16.3 Å². The van der Waals surface area contributed by atoms with Crippen molar-refractivity contribution in [1.82, 2.24) is 4.98 Å². The maximum atomic E-state index is 11.0. The van der Waals surface area contributed by atoms with Crippen molar-refractivity contribution in [3.8, 4) is 11.3 Å². The normalized spacial score (nSPS) is 10.7. The van der Waals surface area contributed by atoms with Gasteiger partial charge in [-0.15, -0.1) is 0 Å². The number of carboxylic acids is 1. The number of rotatable bonds is 2. The number of fused-ring (bicyclic) bond motifs is 1. The molecule has 0 aliphatic heterocycles. The molecular weight excluding hydrogens is 274 g/mol. The van der Waals surface area contributed by atoms with Crippen LogP contribution >= 0.6 is 11.6 Å². The number of carbonyl (C=O) groups is 1. The zero-order valence-electron chi connectivity index (χ0n) is 10.4. The average Bonchev–Trinajstić information content (AvgIpc) is 2.47. The van der Waals surface area contributed by atoms with Gasteiger partial charge in [0.05, 0.1) is 21.8 Å². The van der Waals surface area contributed by atoms with E-state index in [9.17, 15) is 4.79 Å². The van der Waals surface area contributed by atoms with Gasteiger partial charge in [0.25, 0.3) is 0 Å². The molecule has 0 saturated heterocycles. The molecule has 0 fully saturated rings. The Balaban J connectivity index is 2.19. The van der Waals surface area contributed by atoms with Gasteiger partial charge in [-0.2, -0.15) is 0 Å². The summed E-state index contributed by atoms with van der Waals surface area (Å²) in [6.45, 7) is 0. The van der Waals surface area contributed by atoms with Crippen LogP contribution in [0.5, 0.6) is 0 Å². The lowest BCUT2D eigenvalue weighted by Gasteiger charge is -2.06. The summed E-state index contributed by atoms with van der Waals surface area (Å²) in [4.78, 5) is 15.6. The number of hydrogen-bond acceptors (Lipinski definition) is 2. The predicted molar refractivity (Wildman–Crippen MR) is 79.1 cm³/mol. The number of halogens is 1. The van der Waals surface area contributed by atoms with Crippen molar-refractivity contribution in [2.75, 3.05) is 0 Å². The van der Waals surface area contributed by atoms with Crippen molar-refractivity contribution >= 4 is 28.5 Å². The minimum Gasteiger partial charge on any atom is -0.478 e. The highest BCUT2D eigenvalue weighted by Crippen LogP contribution is 2.29. The Morgan fingerprint density at radius 3 is 2.65 bits per heavy atom. The maximum absolute atomic E-state index is 11.0. The summed E-state index contributed by atoms with van der Waals surface area (Å²) in [7, 11) is 0. The molecule has 0 aliphatic carbocycles. The Bertz CT molecular complexity index is 814. The standard InChI is InChI=1S/C16H10ClNO2/c17-13-7-5-11(16(19)20)9-12(13)15-8-6-10-3-1-2-4-14(10)18-15/h1-9H,(H,19,20). The van der Waals surface area contributed by atoms with Crippen LogP contribution in [0.4, 0.5) is 0 Å².